The van der Waals surface area contributed by atoms with Crippen molar-refractivity contribution in [1.82, 2.24) is 0 Å². The standard InChI is InChI=1S/C20H12O2.C16H12O2/c21-19-15-8-4-5-9-16(15)20(22)18-12-14(10-11-17(18)19)13-6-2-1-3-7-13;1-9-7-13-14(8-10(9)2)16(18)12-6-4-3-5-11(12)15(13)17/h1-12H;3-8H,1-2H3. The van der Waals surface area contributed by atoms with Gasteiger partial charge in [0.2, 0.25) is 0 Å². The number of benzene rings is 5. The lowest BCUT2D eigenvalue weighted by Crippen LogP contribution is -2.21. The first-order chi connectivity index (χ1) is 19.3. The molecule has 5 aromatic rings. The van der Waals surface area contributed by atoms with E-state index in [-0.39, 0.29) is 23.1 Å². The predicted octanol–water partition coefficient (Wildman–Crippen LogP) is 7.21. The number of rotatable bonds is 1. The molecule has 2 aliphatic carbocycles. The average molecular weight is 521 g/mol. The summed E-state index contributed by atoms with van der Waals surface area (Å²) in [6.07, 6.45) is 0. The highest BCUT2D eigenvalue weighted by molar-refractivity contribution is 6.29. The normalized spacial score (nSPS) is 12.9. The van der Waals surface area contributed by atoms with Gasteiger partial charge in [-0.3, -0.25) is 19.2 Å². The van der Waals surface area contributed by atoms with E-state index in [0.29, 0.717) is 44.5 Å². The van der Waals surface area contributed by atoms with Gasteiger partial charge in [-0.15, -0.1) is 0 Å². The molecular formula is C36H24O4. The summed E-state index contributed by atoms with van der Waals surface area (Å²) in [4.78, 5) is 50.0. The molecule has 0 heterocycles. The van der Waals surface area contributed by atoms with Gasteiger partial charge in [0, 0.05) is 44.5 Å². The highest BCUT2D eigenvalue weighted by Gasteiger charge is 2.30. The third-order valence-corrected chi connectivity index (χ3v) is 7.57. The van der Waals surface area contributed by atoms with Gasteiger partial charge in [0.1, 0.15) is 0 Å². The van der Waals surface area contributed by atoms with E-state index in [1.807, 2.05) is 68.4 Å². The molecule has 0 saturated carbocycles. The van der Waals surface area contributed by atoms with Crippen molar-refractivity contribution < 1.29 is 19.2 Å². The minimum atomic E-state index is -0.0806. The lowest BCUT2D eigenvalue weighted by Gasteiger charge is -2.18. The Balaban J connectivity index is 0.000000148. The zero-order valence-electron chi connectivity index (χ0n) is 22.0. The smallest absolute Gasteiger partial charge is 0.194 e. The van der Waals surface area contributed by atoms with Crippen molar-refractivity contribution in [1.29, 1.82) is 0 Å². The molecule has 4 heteroatoms. The van der Waals surface area contributed by atoms with Crippen molar-refractivity contribution in [3.63, 3.8) is 0 Å². The number of fused-ring (bicyclic) bond motifs is 4. The van der Waals surface area contributed by atoms with Crippen LogP contribution in [0.2, 0.25) is 0 Å². The van der Waals surface area contributed by atoms with Crippen LogP contribution >= 0.6 is 0 Å². The highest BCUT2D eigenvalue weighted by Crippen LogP contribution is 2.31. The Hall–Kier alpha value is -5.22. The average Bonchev–Trinajstić information content (AvgIpc) is 3.00. The summed E-state index contributed by atoms with van der Waals surface area (Å²) in [7, 11) is 0. The topological polar surface area (TPSA) is 68.3 Å². The molecule has 0 fully saturated rings. The van der Waals surface area contributed by atoms with Gasteiger partial charge in [0.15, 0.2) is 23.1 Å². The Bertz CT molecular complexity index is 1820. The molecule has 4 nitrogen and oxygen atoms in total. The van der Waals surface area contributed by atoms with Gasteiger partial charge < -0.3 is 0 Å². The summed E-state index contributed by atoms with van der Waals surface area (Å²) in [6.45, 7) is 3.90. The maximum atomic E-state index is 12.7. The molecule has 40 heavy (non-hydrogen) atoms. The van der Waals surface area contributed by atoms with Crippen molar-refractivity contribution >= 4 is 23.1 Å². The molecule has 0 aliphatic heterocycles. The van der Waals surface area contributed by atoms with Crippen LogP contribution in [0.4, 0.5) is 0 Å². The monoisotopic (exact) mass is 520 g/mol. The number of carbonyl (C=O) groups excluding carboxylic acids is 4. The second-order valence-electron chi connectivity index (χ2n) is 10.0. The van der Waals surface area contributed by atoms with Gasteiger partial charge >= 0.3 is 0 Å². The Morgan fingerprint density at radius 3 is 1.12 bits per heavy atom. The molecule has 0 spiro atoms. The predicted molar refractivity (Wildman–Crippen MR) is 154 cm³/mol. The second kappa shape index (κ2) is 9.83. The lowest BCUT2D eigenvalue weighted by atomic mass is 9.82. The molecule has 5 aromatic carbocycles. The minimum absolute atomic E-state index is 0.0525. The molecule has 0 aromatic heterocycles. The van der Waals surface area contributed by atoms with Gasteiger partial charge in [-0.1, -0.05) is 84.9 Å². The minimum Gasteiger partial charge on any atom is -0.289 e. The van der Waals surface area contributed by atoms with Crippen molar-refractivity contribution in [2.24, 2.45) is 0 Å². The van der Waals surface area contributed by atoms with Crippen LogP contribution in [0.1, 0.15) is 74.8 Å². The largest absolute Gasteiger partial charge is 0.289 e. The zero-order valence-corrected chi connectivity index (χ0v) is 22.0. The number of hydrogen-bond acceptors (Lipinski definition) is 4. The van der Waals surface area contributed by atoms with Crippen LogP contribution in [-0.2, 0) is 0 Å². The first kappa shape index (κ1) is 25.1. The molecule has 0 saturated heterocycles. The second-order valence-corrected chi connectivity index (χ2v) is 10.0. The fraction of sp³-hybridized carbons (Fsp3) is 0.0556. The van der Waals surface area contributed by atoms with Crippen LogP contribution in [0.15, 0.2) is 109 Å². The SMILES string of the molecule is Cc1cc2c(cc1C)C(=O)c1ccccc1C2=O.O=C1c2ccccc2C(=O)c2cc(-c3ccccc3)ccc21. The van der Waals surface area contributed by atoms with Gasteiger partial charge in [-0.25, -0.2) is 0 Å². The van der Waals surface area contributed by atoms with Crippen molar-refractivity contribution in [3.8, 4) is 11.1 Å². The fourth-order valence-corrected chi connectivity index (χ4v) is 5.27. The summed E-state index contributed by atoms with van der Waals surface area (Å²) in [6, 6.07) is 33.0. The Kier molecular flexibility index (Phi) is 6.16. The first-order valence-corrected chi connectivity index (χ1v) is 13.0. The molecule has 0 N–H and O–H groups in total. The van der Waals surface area contributed by atoms with Crippen LogP contribution in [0, 0.1) is 13.8 Å². The summed E-state index contributed by atoms with van der Waals surface area (Å²) in [5.74, 6) is -0.264. The Morgan fingerprint density at radius 1 is 0.325 bits per heavy atom. The summed E-state index contributed by atoms with van der Waals surface area (Å²) >= 11 is 0. The Morgan fingerprint density at radius 2 is 0.675 bits per heavy atom. The third kappa shape index (κ3) is 4.11. The molecule has 0 radical (unpaired) electrons. The molecule has 0 atom stereocenters. The van der Waals surface area contributed by atoms with E-state index in [1.54, 1.807) is 54.6 Å². The molecular weight excluding hydrogens is 496 g/mol. The number of carbonyl (C=O) groups is 4. The summed E-state index contributed by atoms with van der Waals surface area (Å²) in [5, 5.41) is 0. The van der Waals surface area contributed by atoms with Crippen LogP contribution in [-0.4, -0.2) is 23.1 Å². The van der Waals surface area contributed by atoms with Gasteiger partial charge in [0.05, 0.1) is 0 Å². The van der Waals surface area contributed by atoms with Crippen LogP contribution in [0.25, 0.3) is 11.1 Å². The van der Waals surface area contributed by atoms with Gasteiger partial charge in [-0.2, -0.15) is 0 Å². The van der Waals surface area contributed by atoms with E-state index in [1.165, 1.54) is 0 Å². The van der Waals surface area contributed by atoms with Crippen LogP contribution in [0.5, 0.6) is 0 Å². The summed E-state index contributed by atoms with van der Waals surface area (Å²) < 4.78 is 0. The lowest BCUT2D eigenvalue weighted by molar-refractivity contribution is 0.0979. The zero-order chi connectivity index (χ0) is 28.0. The molecule has 0 bridgehead atoms. The Labute approximate surface area is 231 Å². The van der Waals surface area contributed by atoms with Crippen molar-refractivity contribution in [2.45, 2.75) is 13.8 Å². The van der Waals surface area contributed by atoms with E-state index in [2.05, 4.69) is 0 Å². The van der Waals surface area contributed by atoms with Crippen molar-refractivity contribution in [2.75, 3.05) is 0 Å². The number of hydrogen-bond donors (Lipinski definition) is 0. The number of aryl methyl sites for hydroxylation is 2. The van der Waals surface area contributed by atoms with E-state index < -0.39 is 0 Å². The quantitative estimate of drug-likeness (QED) is 0.229. The van der Waals surface area contributed by atoms with Crippen molar-refractivity contribution in [3.05, 3.63) is 165 Å². The molecule has 192 valence electrons. The van der Waals surface area contributed by atoms with Gasteiger partial charge in [0.25, 0.3) is 0 Å². The highest BCUT2D eigenvalue weighted by atomic mass is 16.1. The maximum absolute atomic E-state index is 12.7. The van der Waals surface area contributed by atoms with Gasteiger partial charge in [-0.05, 0) is 60.4 Å². The summed E-state index contributed by atoms with van der Waals surface area (Å²) in [5.41, 5.74) is 8.10. The molecule has 2 aliphatic rings. The van der Waals surface area contributed by atoms with E-state index >= 15 is 0 Å². The van der Waals surface area contributed by atoms with Crippen LogP contribution < -0.4 is 0 Å². The van der Waals surface area contributed by atoms with E-state index in [0.717, 1.165) is 22.3 Å². The third-order valence-electron chi connectivity index (χ3n) is 7.57. The molecule has 7 rings (SSSR count). The van der Waals surface area contributed by atoms with E-state index in [9.17, 15) is 19.2 Å². The fourth-order valence-electron chi connectivity index (χ4n) is 5.27. The van der Waals surface area contributed by atoms with E-state index in [4.69, 9.17) is 0 Å². The maximum Gasteiger partial charge on any atom is 0.194 e. The molecule has 0 unspecified atom stereocenters. The van der Waals surface area contributed by atoms with Crippen LogP contribution in [0.3, 0.4) is 0 Å². The first-order valence-electron chi connectivity index (χ1n) is 13.0. The number of ketones is 4. The molecule has 0 amide bonds.